The number of fused-ring (bicyclic) bond motifs is 1. The molecule has 0 saturated carbocycles. The third-order valence-corrected chi connectivity index (χ3v) is 6.44. The Morgan fingerprint density at radius 3 is 2.35 bits per heavy atom. The van der Waals surface area contributed by atoms with E-state index in [1.54, 1.807) is 29.2 Å². The summed E-state index contributed by atoms with van der Waals surface area (Å²) < 4.78 is 2.36. The number of benzene rings is 1. The number of anilines is 1. The average molecular weight is 477 g/mol. The molecule has 176 valence electrons. The normalized spacial score (nSPS) is 12.5. The van der Waals surface area contributed by atoms with Crippen molar-refractivity contribution in [2.45, 2.75) is 52.6 Å². The van der Waals surface area contributed by atoms with Gasteiger partial charge < -0.3 is 5.32 Å². The van der Waals surface area contributed by atoms with Crippen LogP contribution in [0.2, 0.25) is 0 Å². The molecule has 0 radical (unpaired) electrons. The monoisotopic (exact) mass is 476 g/mol. The molecule has 0 fully saturated rings. The van der Waals surface area contributed by atoms with Gasteiger partial charge in [-0.1, -0.05) is 30.4 Å². The smallest absolute Gasteiger partial charge is 0.273 e. The number of pyridine rings is 1. The average Bonchev–Trinajstić information content (AvgIpc) is 3.37. The van der Waals surface area contributed by atoms with Crippen molar-refractivity contribution < 1.29 is 9.59 Å². The first-order chi connectivity index (χ1) is 16.2. The van der Waals surface area contributed by atoms with Crippen LogP contribution in [0.5, 0.6) is 0 Å². The summed E-state index contributed by atoms with van der Waals surface area (Å²) in [6.45, 7) is 9.96. The van der Waals surface area contributed by atoms with Gasteiger partial charge in [-0.05, 0) is 69.5 Å². The molecule has 4 rings (SSSR count). The summed E-state index contributed by atoms with van der Waals surface area (Å²) in [5.74, 6) is -0.541. The second-order valence-corrected chi connectivity index (χ2v) is 10.1. The highest BCUT2D eigenvalue weighted by molar-refractivity contribution is 7.22. The molecular weight excluding hydrogens is 448 g/mol. The highest BCUT2D eigenvalue weighted by atomic mass is 32.1. The van der Waals surface area contributed by atoms with E-state index in [1.165, 1.54) is 16.9 Å². The van der Waals surface area contributed by atoms with E-state index >= 15 is 0 Å². The molecule has 0 aliphatic rings. The number of aryl methyl sites for hydroxylation is 1. The van der Waals surface area contributed by atoms with Crippen molar-refractivity contribution in [3.8, 4) is 0 Å². The van der Waals surface area contributed by atoms with Gasteiger partial charge in [0.15, 0.2) is 16.5 Å². The maximum atomic E-state index is 13.2. The molecule has 1 aromatic carbocycles. The number of thiazole rings is 1. The quantitative estimate of drug-likeness (QED) is 0.410. The van der Waals surface area contributed by atoms with E-state index < -0.39 is 5.54 Å². The van der Waals surface area contributed by atoms with Crippen molar-refractivity contribution in [1.82, 2.24) is 25.1 Å². The topological polar surface area (TPSA) is 102 Å². The molecule has 2 N–H and O–H groups in total. The zero-order chi connectivity index (χ0) is 24.5. The fourth-order valence-electron chi connectivity index (χ4n) is 3.53. The highest BCUT2D eigenvalue weighted by Crippen LogP contribution is 2.32. The lowest BCUT2D eigenvalue weighted by molar-refractivity contribution is 0.0934. The van der Waals surface area contributed by atoms with Crippen LogP contribution in [-0.2, 0) is 12.0 Å². The third kappa shape index (κ3) is 4.84. The van der Waals surface area contributed by atoms with Crippen LogP contribution in [-0.4, -0.2) is 31.6 Å². The molecular formula is C25H28N6O2S. The zero-order valence-electron chi connectivity index (χ0n) is 19.9. The van der Waals surface area contributed by atoms with Gasteiger partial charge in [-0.3, -0.25) is 19.9 Å². The number of aromatic nitrogens is 4. The standard InChI is InChI=1S/C25H28N6O2S/c1-6-16-7-9-18(10-8-16)22(32)29-24-28-21-20(34-24)19(30-31(21)25(3,4)5)23(33)27-15(2)17-11-13-26-14-12-17/h7-15H,6H2,1-5H3,(H,27,33)(H,28,29,32). The van der Waals surface area contributed by atoms with E-state index in [2.05, 4.69) is 32.6 Å². The van der Waals surface area contributed by atoms with E-state index in [0.717, 1.165) is 12.0 Å². The summed E-state index contributed by atoms with van der Waals surface area (Å²) in [7, 11) is 0. The van der Waals surface area contributed by atoms with Gasteiger partial charge in [0.1, 0.15) is 4.70 Å². The van der Waals surface area contributed by atoms with Crippen LogP contribution in [0.1, 0.15) is 72.6 Å². The van der Waals surface area contributed by atoms with Crippen LogP contribution in [0.4, 0.5) is 5.13 Å². The minimum atomic E-state index is -0.404. The summed E-state index contributed by atoms with van der Waals surface area (Å²) in [4.78, 5) is 34.6. The summed E-state index contributed by atoms with van der Waals surface area (Å²) in [5, 5.41) is 10.9. The van der Waals surface area contributed by atoms with Crippen molar-refractivity contribution in [1.29, 1.82) is 0 Å². The van der Waals surface area contributed by atoms with E-state index in [9.17, 15) is 9.59 Å². The first kappa shape index (κ1) is 23.6. The summed E-state index contributed by atoms with van der Waals surface area (Å²) >= 11 is 1.25. The first-order valence-electron chi connectivity index (χ1n) is 11.2. The molecule has 2 amide bonds. The Balaban J connectivity index is 1.63. The van der Waals surface area contributed by atoms with E-state index in [0.29, 0.717) is 21.0 Å². The van der Waals surface area contributed by atoms with Crippen LogP contribution in [0.15, 0.2) is 48.8 Å². The van der Waals surface area contributed by atoms with Crippen molar-refractivity contribution in [2.24, 2.45) is 0 Å². The fourth-order valence-corrected chi connectivity index (χ4v) is 4.46. The highest BCUT2D eigenvalue weighted by Gasteiger charge is 2.28. The Morgan fingerprint density at radius 2 is 1.74 bits per heavy atom. The number of carbonyl (C=O) groups is 2. The van der Waals surface area contributed by atoms with Crippen molar-refractivity contribution in [2.75, 3.05) is 5.32 Å². The van der Waals surface area contributed by atoms with Gasteiger partial charge in [0, 0.05) is 18.0 Å². The minimum absolute atomic E-state index is 0.219. The van der Waals surface area contributed by atoms with Gasteiger partial charge in [0.25, 0.3) is 11.8 Å². The molecule has 3 heterocycles. The summed E-state index contributed by atoms with van der Waals surface area (Å²) in [5.41, 5.74) is 3.11. The van der Waals surface area contributed by atoms with Gasteiger partial charge in [-0.15, -0.1) is 0 Å². The second kappa shape index (κ2) is 9.34. The first-order valence-corrected chi connectivity index (χ1v) is 12.0. The Hall–Kier alpha value is -3.59. The molecule has 0 bridgehead atoms. The molecule has 0 aliphatic carbocycles. The number of nitrogens with zero attached hydrogens (tertiary/aromatic N) is 4. The Bertz CT molecular complexity index is 1320. The molecule has 3 aromatic heterocycles. The summed E-state index contributed by atoms with van der Waals surface area (Å²) in [6, 6.07) is 11.0. The molecule has 0 spiro atoms. The van der Waals surface area contributed by atoms with Crippen LogP contribution in [0.3, 0.4) is 0 Å². The molecule has 34 heavy (non-hydrogen) atoms. The Kier molecular flexibility index (Phi) is 6.47. The third-order valence-electron chi connectivity index (χ3n) is 5.47. The van der Waals surface area contributed by atoms with Gasteiger partial charge in [-0.25, -0.2) is 4.68 Å². The van der Waals surface area contributed by atoms with Crippen LogP contribution in [0, 0.1) is 0 Å². The number of hydrogen-bond donors (Lipinski definition) is 2. The number of nitrogens with one attached hydrogen (secondary N) is 2. The molecule has 1 unspecified atom stereocenters. The van der Waals surface area contributed by atoms with Gasteiger partial charge in [-0.2, -0.15) is 10.1 Å². The Labute approximate surface area is 202 Å². The van der Waals surface area contributed by atoms with Gasteiger partial charge in [0.2, 0.25) is 0 Å². The summed E-state index contributed by atoms with van der Waals surface area (Å²) in [6.07, 6.45) is 4.30. The second-order valence-electron chi connectivity index (χ2n) is 9.08. The van der Waals surface area contributed by atoms with Crippen LogP contribution < -0.4 is 10.6 Å². The number of carbonyl (C=O) groups excluding carboxylic acids is 2. The molecule has 8 nitrogen and oxygen atoms in total. The minimum Gasteiger partial charge on any atom is -0.344 e. The van der Waals surface area contributed by atoms with Crippen molar-refractivity contribution >= 4 is 38.6 Å². The SMILES string of the molecule is CCc1ccc(C(=O)Nc2nc3c(s2)c(C(=O)NC(C)c2ccncc2)nn3C(C)(C)C)cc1. The molecule has 1 atom stereocenters. The lowest BCUT2D eigenvalue weighted by atomic mass is 10.1. The maximum absolute atomic E-state index is 13.2. The van der Waals surface area contributed by atoms with Gasteiger partial charge in [0.05, 0.1) is 11.6 Å². The molecule has 9 heteroatoms. The lowest BCUT2D eigenvalue weighted by Crippen LogP contribution is -2.28. The number of amides is 2. The largest absolute Gasteiger partial charge is 0.344 e. The van der Waals surface area contributed by atoms with E-state index in [-0.39, 0.29) is 23.6 Å². The fraction of sp³-hybridized carbons (Fsp3) is 0.320. The predicted molar refractivity (Wildman–Crippen MR) is 134 cm³/mol. The molecule has 0 aliphatic heterocycles. The number of rotatable bonds is 6. The number of hydrogen-bond acceptors (Lipinski definition) is 6. The zero-order valence-corrected chi connectivity index (χ0v) is 20.7. The van der Waals surface area contributed by atoms with Gasteiger partial charge >= 0.3 is 0 Å². The van der Waals surface area contributed by atoms with Crippen molar-refractivity contribution in [3.63, 3.8) is 0 Å². The maximum Gasteiger partial charge on any atom is 0.273 e. The predicted octanol–water partition coefficient (Wildman–Crippen LogP) is 4.95. The Morgan fingerprint density at radius 1 is 1.06 bits per heavy atom. The van der Waals surface area contributed by atoms with Crippen molar-refractivity contribution in [3.05, 3.63) is 71.2 Å². The van der Waals surface area contributed by atoms with Crippen LogP contribution >= 0.6 is 11.3 Å². The van der Waals surface area contributed by atoms with E-state index in [4.69, 9.17) is 0 Å². The lowest BCUT2D eigenvalue weighted by Gasteiger charge is -2.19. The molecule has 0 saturated heterocycles. The van der Waals surface area contributed by atoms with E-state index in [1.807, 2.05) is 52.0 Å². The van der Waals surface area contributed by atoms with Crippen LogP contribution in [0.25, 0.3) is 10.3 Å². The molecule has 4 aromatic rings.